The standard InChI is InChI=1S/C18H14N4OS.ClH/c23-17(22-18-20-8-9-24-18)14-10-16(12-4-3-7-19-11-12)21-15-6-2-1-5-13(14)15;/h1-7,10-11H,8-9H2,(H,20,22,23);1H/p-1. The molecule has 1 aromatic carbocycles. The highest BCUT2D eigenvalue weighted by Crippen LogP contribution is 2.24. The minimum atomic E-state index is -0.160. The fourth-order valence-corrected chi connectivity index (χ4v) is 3.32. The zero-order valence-electron chi connectivity index (χ0n) is 13.1. The molecule has 0 radical (unpaired) electrons. The van der Waals surface area contributed by atoms with E-state index in [2.05, 4.69) is 20.3 Å². The number of nitrogens with zero attached hydrogens (tertiary/aromatic N) is 3. The zero-order valence-corrected chi connectivity index (χ0v) is 14.7. The van der Waals surface area contributed by atoms with E-state index in [1.54, 1.807) is 24.2 Å². The number of rotatable bonds is 2. The number of halogens is 1. The Labute approximate surface area is 155 Å². The Morgan fingerprint density at radius 1 is 1.16 bits per heavy atom. The number of benzene rings is 1. The molecule has 0 saturated heterocycles. The van der Waals surface area contributed by atoms with Crippen LogP contribution in [0.1, 0.15) is 10.4 Å². The molecule has 0 aliphatic carbocycles. The molecule has 5 nitrogen and oxygen atoms in total. The molecule has 3 heterocycles. The van der Waals surface area contributed by atoms with Crippen molar-refractivity contribution in [3.63, 3.8) is 0 Å². The molecule has 3 aromatic rings. The highest BCUT2D eigenvalue weighted by molar-refractivity contribution is 8.14. The van der Waals surface area contributed by atoms with Crippen molar-refractivity contribution in [2.45, 2.75) is 0 Å². The molecule has 1 amide bonds. The van der Waals surface area contributed by atoms with Crippen molar-refractivity contribution in [1.82, 2.24) is 15.3 Å². The maximum absolute atomic E-state index is 12.7. The maximum atomic E-state index is 12.7. The Bertz CT molecular complexity index is 946. The van der Waals surface area contributed by atoms with Crippen molar-refractivity contribution in [2.75, 3.05) is 12.3 Å². The second-order valence-electron chi connectivity index (χ2n) is 5.30. The van der Waals surface area contributed by atoms with Crippen LogP contribution in [0.3, 0.4) is 0 Å². The second-order valence-corrected chi connectivity index (χ2v) is 6.39. The third-order valence-electron chi connectivity index (χ3n) is 3.72. The van der Waals surface area contributed by atoms with Gasteiger partial charge in [0.25, 0.3) is 5.91 Å². The second kappa shape index (κ2) is 7.63. The molecule has 1 aliphatic rings. The number of pyridine rings is 2. The largest absolute Gasteiger partial charge is 1.00 e. The number of amides is 1. The summed E-state index contributed by atoms with van der Waals surface area (Å²) in [7, 11) is 0. The summed E-state index contributed by atoms with van der Waals surface area (Å²) in [4.78, 5) is 25.8. The quantitative estimate of drug-likeness (QED) is 0.697. The number of carbonyl (C=O) groups excluding carboxylic acids is 1. The van der Waals surface area contributed by atoms with Gasteiger partial charge >= 0.3 is 0 Å². The number of thioether (sulfide) groups is 1. The molecule has 0 bridgehead atoms. The molecule has 126 valence electrons. The smallest absolute Gasteiger partial charge is 0.257 e. The van der Waals surface area contributed by atoms with Crippen LogP contribution >= 0.6 is 11.8 Å². The van der Waals surface area contributed by atoms with Gasteiger partial charge in [-0.25, -0.2) is 4.98 Å². The van der Waals surface area contributed by atoms with Crippen LogP contribution in [-0.2, 0) is 0 Å². The SMILES string of the molecule is O=C(NC1=NCCS1)c1cc(-c2cccnc2)nc2ccccc12.[Cl-]. The predicted octanol–water partition coefficient (Wildman–Crippen LogP) is 0.133. The van der Waals surface area contributed by atoms with E-state index in [4.69, 9.17) is 0 Å². The van der Waals surface area contributed by atoms with Gasteiger partial charge in [-0.2, -0.15) is 0 Å². The summed E-state index contributed by atoms with van der Waals surface area (Å²) in [6.45, 7) is 0.748. The van der Waals surface area contributed by atoms with E-state index in [0.717, 1.165) is 34.5 Å². The maximum Gasteiger partial charge on any atom is 0.257 e. The van der Waals surface area contributed by atoms with Crippen LogP contribution in [0.2, 0.25) is 0 Å². The van der Waals surface area contributed by atoms with Crippen LogP contribution in [0.4, 0.5) is 0 Å². The number of amidine groups is 1. The topological polar surface area (TPSA) is 67.2 Å². The number of aromatic nitrogens is 2. The van der Waals surface area contributed by atoms with Crippen LogP contribution in [0, 0.1) is 0 Å². The summed E-state index contributed by atoms with van der Waals surface area (Å²) in [5.74, 6) is 0.750. The van der Waals surface area contributed by atoms with Gasteiger partial charge in [0.15, 0.2) is 5.17 Å². The van der Waals surface area contributed by atoms with E-state index in [1.807, 2.05) is 42.5 Å². The number of fused-ring (bicyclic) bond motifs is 1. The van der Waals surface area contributed by atoms with E-state index in [1.165, 1.54) is 0 Å². The van der Waals surface area contributed by atoms with Crippen molar-refractivity contribution in [2.24, 2.45) is 4.99 Å². The van der Waals surface area contributed by atoms with Gasteiger partial charge in [-0.1, -0.05) is 30.0 Å². The summed E-state index contributed by atoms with van der Waals surface area (Å²) in [6, 6.07) is 13.3. The van der Waals surface area contributed by atoms with Gasteiger partial charge in [0.05, 0.1) is 23.3 Å². The lowest BCUT2D eigenvalue weighted by Crippen LogP contribution is -3.00. The number of hydrogen-bond acceptors (Lipinski definition) is 5. The number of carbonyl (C=O) groups is 1. The average Bonchev–Trinajstić information content (AvgIpc) is 3.14. The lowest BCUT2D eigenvalue weighted by Gasteiger charge is -2.10. The van der Waals surface area contributed by atoms with Gasteiger partial charge in [-0.15, -0.1) is 0 Å². The molecular formula is C18H14ClN4OS-. The molecule has 1 aliphatic heterocycles. The molecule has 0 atom stereocenters. The first-order chi connectivity index (χ1) is 11.8. The van der Waals surface area contributed by atoms with Crippen molar-refractivity contribution < 1.29 is 17.2 Å². The minimum absolute atomic E-state index is 0. The molecule has 1 N–H and O–H groups in total. The highest BCUT2D eigenvalue weighted by atomic mass is 35.5. The number of nitrogens with one attached hydrogen (secondary N) is 1. The van der Waals surface area contributed by atoms with Crippen molar-refractivity contribution in [1.29, 1.82) is 0 Å². The average molecular weight is 370 g/mol. The number of hydrogen-bond donors (Lipinski definition) is 1. The summed E-state index contributed by atoms with van der Waals surface area (Å²) >= 11 is 1.56. The first kappa shape index (κ1) is 17.4. The fourth-order valence-electron chi connectivity index (χ4n) is 2.60. The van der Waals surface area contributed by atoms with Crippen LogP contribution in [0.5, 0.6) is 0 Å². The van der Waals surface area contributed by atoms with E-state index in [9.17, 15) is 4.79 Å². The molecular weight excluding hydrogens is 356 g/mol. The summed E-state index contributed by atoms with van der Waals surface area (Å²) < 4.78 is 0. The Kier molecular flexibility index (Phi) is 5.31. The Morgan fingerprint density at radius 2 is 2.04 bits per heavy atom. The number of aliphatic imine (C=N–C) groups is 1. The molecule has 0 spiro atoms. The van der Waals surface area contributed by atoms with Gasteiger partial charge in [-0.05, 0) is 24.3 Å². The monoisotopic (exact) mass is 369 g/mol. The van der Waals surface area contributed by atoms with Crippen molar-refractivity contribution >= 4 is 33.7 Å². The minimum Gasteiger partial charge on any atom is -1.00 e. The molecule has 25 heavy (non-hydrogen) atoms. The Balaban J connectivity index is 0.00000182. The molecule has 0 fully saturated rings. The molecule has 2 aromatic heterocycles. The number of para-hydroxylation sites is 1. The van der Waals surface area contributed by atoms with Gasteiger partial charge < -0.3 is 17.7 Å². The van der Waals surface area contributed by atoms with Crippen LogP contribution in [-0.4, -0.2) is 33.3 Å². The normalized spacial score (nSPS) is 13.2. The van der Waals surface area contributed by atoms with E-state index in [0.29, 0.717) is 10.7 Å². The van der Waals surface area contributed by atoms with Gasteiger partial charge in [0.1, 0.15) is 0 Å². The Morgan fingerprint density at radius 3 is 2.80 bits per heavy atom. The van der Waals surface area contributed by atoms with Gasteiger partial charge in [-0.3, -0.25) is 14.8 Å². The van der Waals surface area contributed by atoms with Crippen LogP contribution in [0.15, 0.2) is 59.9 Å². The van der Waals surface area contributed by atoms with Gasteiger partial charge in [0, 0.05) is 29.1 Å². The Hall–Kier alpha value is -2.44. The van der Waals surface area contributed by atoms with E-state index in [-0.39, 0.29) is 18.3 Å². The summed E-state index contributed by atoms with van der Waals surface area (Å²) in [6.07, 6.45) is 3.46. The van der Waals surface area contributed by atoms with Crippen LogP contribution < -0.4 is 17.7 Å². The van der Waals surface area contributed by atoms with Crippen LogP contribution in [0.25, 0.3) is 22.2 Å². The zero-order chi connectivity index (χ0) is 16.4. The van der Waals surface area contributed by atoms with E-state index < -0.39 is 0 Å². The predicted molar refractivity (Wildman–Crippen MR) is 97.2 cm³/mol. The molecule has 7 heteroatoms. The fraction of sp³-hybridized carbons (Fsp3) is 0.111. The summed E-state index contributed by atoms with van der Waals surface area (Å²) in [5.41, 5.74) is 2.98. The van der Waals surface area contributed by atoms with Crippen molar-refractivity contribution in [3.05, 3.63) is 60.4 Å². The molecule has 4 rings (SSSR count). The third kappa shape index (κ3) is 3.65. The lowest BCUT2D eigenvalue weighted by atomic mass is 10.0. The first-order valence-corrected chi connectivity index (χ1v) is 8.58. The van der Waals surface area contributed by atoms with Crippen molar-refractivity contribution in [3.8, 4) is 11.3 Å². The molecule has 0 unspecified atom stereocenters. The highest BCUT2D eigenvalue weighted by Gasteiger charge is 2.17. The molecule has 0 saturated carbocycles. The van der Waals surface area contributed by atoms with Gasteiger partial charge in [0.2, 0.25) is 0 Å². The lowest BCUT2D eigenvalue weighted by molar-refractivity contribution is -0.0000131. The first-order valence-electron chi connectivity index (χ1n) is 7.60. The summed E-state index contributed by atoms with van der Waals surface area (Å²) in [5, 5.41) is 4.41. The third-order valence-corrected chi connectivity index (χ3v) is 4.62. The van der Waals surface area contributed by atoms with E-state index >= 15 is 0 Å².